The highest BCUT2D eigenvalue weighted by Gasteiger charge is 2.27. The van der Waals surface area contributed by atoms with Crippen LogP contribution in [-0.4, -0.2) is 27.2 Å². The Hall–Kier alpha value is -3.52. The molecule has 0 saturated heterocycles. The average molecular weight is 711 g/mol. The highest BCUT2D eigenvalue weighted by Crippen LogP contribution is 2.45. The molecule has 0 atom stereocenters. The van der Waals surface area contributed by atoms with Crippen LogP contribution >= 0.6 is 15.9 Å². The Bertz CT molecular complexity index is 1790. The molecule has 2 aliphatic rings. The van der Waals surface area contributed by atoms with Gasteiger partial charge < -0.3 is 10.7 Å². The minimum atomic E-state index is -3.54. The standard InChI is InChI=1S/C40H44BrN3O2S/c41-35-21-23-37(24-22-35)47(45,46)43-26-8-9-29-16-18-32(19-17-29)40(39(31-12-7-13-31)30-10-3-1-4-11-30)33-20-25-38(34(27-33)28-42)44-36-14-5-2-6-15-36/h1,3-4,10-11,16-25,27-28,31,36,42-44H,2,5-9,12-15,26H2/b40-39-,42-28?. The lowest BCUT2D eigenvalue weighted by Gasteiger charge is -2.32. The molecule has 7 heteroatoms. The molecule has 3 N–H and O–H groups in total. The summed E-state index contributed by atoms with van der Waals surface area (Å²) in [5, 5.41) is 12.1. The highest BCUT2D eigenvalue weighted by molar-refractivity contribution is 9.10. The molecule has 0 unspecified atom stereocenters. The maximum absolute atomic E-state index is 12.7. The van der Waals surface area contributed by atoms with Gasteiger partial charge in [0.2, 0.25) is 10.0 Å². The zero-order valence-electron chi connectivity index (χ0n) is 26.9. The van der Waals surface area contributed by atoms with E-state index in [9.17, 15) is 8.42 Å². The summed E-state index contributed by atoms with van der Waals surface area (Å²) < 4.78 is 29.0. The van der Waals surface area contributed by atoms with Crippen LogP contribution in [0.1, 0.15) is 85.6 Å². The molecule has 4 aromatic rings. The van der Waals surface area contributed by atoms with Crippen LogP contribution in [0, 0.1) is 11.3 Å². The molecule has 0 radical (unpaired) electrons. The van der Waals surface area contributed by atoms with Crippen LogP contribution in [0.5, 0.6) is 0 Å². The second kappa shape index (κ2) is 15.6. The summed E-state index contributed by atoms with van der Waals surface area (Å²) in [6, 6.07) is 33.4. The lowest BCUT2D eigenvalue weighted by atomic mass is 9.73. The van der Waals surface area contributed by atoms with Crippen LogP contribution in [0.4, 0.5) is 5.69 Å². The molecule has 0 aliphatic heterocycles. The summed E-state index contributed by atoms with van der Waals surface area (Å²) in [6.07, 6.45) is 12.8. The first-order valence-corrected chi connectivity index (χ1v) is 19.2. The Balaban J connectivity index is 1.26. The van der Waals surface area contributed by atoms with Gasteiger partial charge in [0, 0.05) is 34.5 Å². The molecule has 2 aliphatic carbocycles. The topological polar surface area (TPSA) is 82.1 Å². The van der Waals surface area contributed by atoms with Gasteiger partial charge >= 0.3 is 0 Å². The van der Waals surface area contributed by atoms with E-state index in [1.165, 1.54) is 85.4 Å². The second-order valence-corrected chi connectivity index (χ2v) is 15.5. The predicted molar refractivity (Wildman–Crippen MR) is 199 cm³/mol. The van der Waals surface area contributed by atoms with Gasteiger partial charge in [-0.25, -0.2) is 13.1 Å². The molecule has 5 nitrogen and oxygen atoms in total. The van der Waals surface area contributed by atoms with Gasteiger partial charge in [-0.2, -0.15) is 0 Å². The fourth-order valence-corrected chi connectivity index (χ4v) is 8.19. The van der Waals surface area contributed by atoms with E-state index in [2.05, 4.69) is 98.8 Å². The summed E-state index contributed by atoms with van der Waals surface area (Å²) in [6.45, 7) is 0.374. The molecule has 2 fully saturated rings. The zero-order valence-corrected chi connectivity index (χ0v) is 29.3. The van der Waals surface area contributed by atoms with Gasteiger partial charge in [0.05, 0.1) is 4.90 Å². The summed E-state index contributed by atoms with van der Waals surface area (Å²) in [7, 11) is -3.54. The van der Waals surface area contributed by atoms with E-state index in [1.807, 2.05) is 0 Å². The number of aryl methyl sites for hydroxylation is 1. The van der Waals surface area contributed by atoms with Crippen LogP contribution in [0.3, 0.4) is 0 Å². The minimum absolute atomic E-state index is 0.272. The number of anilines is 1. The number of rotatable bonds is 13. The molecule has 0 spiro atoms. The molecule has 4 aromatic carbocycles. The predicted octanol–water partition coefficient (Wildman–Crippen LogP) is 9.86. The number of benzene rings is 4. The Morgan fingerprint density at radius 3 is 2.15 bits per heavy atom. The molecule has 0 heterocycles. The third-order valence-corrected chi connectivity index (χ3v) is 11.6. The first-order valence-electron chi connectivity index (χ1n) is 17.0. The number of hydrogen-bond acceptors (Lipinski definition) is 4. The zero-order chi connectivity index (χ0) is 32.6. The van der Waals surface area contributed by atoms with E-state index < -0.39 is 10.0 Å². The number of halogens is 1. The molecule has 0 amide bonds. The maximum atomic E-state index is 12.7. The van der Waals surface area contributed by atoms with Crippen molar-refractivity contribution in [1.82, 2.24) is 4.72 Å². The third kappa shape index (κ3) is 8.32. The van der Waals surface area contributed by atoms with E-state index in [0.29, 0.717) is 24.9 Å². The average Bonchev–Trinajstić information content (AvgIpc) is 3.08. The molecule has 0 aromatic heterocycles. The van der Waals surface area contributed by atoms with Gasteiger partial charge in [0.1, 0.15) is 0 Å². The number of sulfonamides is 1. The fourth-order valence-electron chi connectivity index (χ4n) is 6.85. The van der Waals surface area contributed by atoms with Crippen molar-refractivity contribution in [1.29, 1.82) is 5.41 Å². The first kappa shape index (κ1) is 33.4. The first-order chi connectivity index (χ1) is 22.9. The van der Waals surface area contributed by atoms with Crippen molar-refractivity contribution in [3.63, 3.8) is 0 Å². The Kier molecular flexibility index (Phi) is 11.1. The smallest absolute Gasteiger partial charge is 0.240 e. The number of nitrogens with one attached hydrogen (secondary N) is 3. The van der Waals surface area contributed by atoms with Gasteiger partial charge in [-0.3, -0.25) is 0 Å². The monoisotopic (exact) mass is 709 g/mol. The van der Waals surface area contributed by atoms with Crippen molar-refractivity contribution in [2.24, 2.45) is 5.92 Å². The number of hydrogen-bond donors (Lipinski definition) is 3. The van der Waals surface area contributed by atoms with Crippen molar-refractivity contribution in [2.75, 3.05) is 11.9 Å². The lowest BCUT2D eigenvalue weighted by Crippen LogP contribution is -2.25. The molecule has 244 valence electrons. The molecular formula is C40H44BrN3O2S. The van der Waals surface area contributed by atoms with E-state index in [-0.39, 0.29) is 4.90 Å². The van der Waals surface area contributed by atoms with E-state index >= 15 is 0 Å². The van der Waals surface area contributed by atoms with E-state index in [4.69, 9.17) is 5.41 Å². The minimum Gasteiger partial charge on any atom is -0.382 e. The SMILES string of the molecule is N=Cc1cc(/C(=C(/c2ccccc2)C2CCC2)c2ccc(CCCNS(=O)(=O)c3ccc(Br)cc3)cc2)ccc1NC1CCCCC1. The van der Waals surface area contributed by atoms with Crippen molar-refractivity contribution in [3.05, 3.63) is 129 Å². The van der Waals surface area contributed by atoms with E-state index in [0.717, 1.165) is 27.7 Å². The Morgan fingerprint density at radius 1 is 0.787 bits per heavy atom. The van der Waals surface area contributed by atoms with Crippen molar-refractivity contribution >= 4 is 49.0 Å². The molecule has 0 bridgehead atoms. The molecular weight excluding hydrogens is 666 g/mol. The largest absolute Gasteiger partial charge is 0.382 e. The van der Waals surface area contributed by atoms with Gasteiger partial charge in [-0.05, 0) is 114 Å². The normalized spacial score (nSPS) is 16.3. The Morgan fingerprint density at radius 2 is 1.49 bits per heavy atom. The molecule has 6 rings (SSSR count). The molecule has 2 saturated carbocycles. The third-order valence-electron chi connectivity index (χ3n) is 9.63. The maximum Gasteiger partial charge on any atom is 0.240 e. The molecule has 47 heavy (non-hydrogen) atoms. The summed E-state index contributed by atoms with van der Waals surface area (Å²) in [4.78, 5) is 0.272. The van der Waals surface area contributed by atoms with Crippen LogP contribution in [0.2, 0.25) is 0 Å². The number of allylic oxidation sites excluding steroid dienone is 1. The quantitative estimate of drug-likeness (QED) is 0.0734. The summed E-state index contributed by atoms with van der Waals surface area (Å²) >= 11 is 3.36. The summed E-state index contributed by atoms with van der Waals surface area (Å²) in [5.74, 6) is 0.495. The highest BCUT2D eigenvalue weighted by atomic mass is 79.9. The van der Waals surface area contributed by atoms with Gasteiger partial charge in [-0.1, -0.05) is 102 Å². The second-order valence-electron chi connectivity index (χ2n) is 12.9. The van der Waals surface area contributed by atoms with Crippen molar-refractivity contribution in [2.45, 2.75) is 75.1 Å². The van der Waals surface area contributed by atoms with Crippen LogP contribution in [0.15, 0.2) is 106 Å². The summed E-state index contributed by atoms with van der Waals surface area (Å²) in [5.41, 5.74) is 9.33. The van der Waals surface area contributed by atoms with Crippen molar-refractivity contribution < 1.29 is 8.42 Å². The lowest BCUT2D eigenvalue weighted by molar-refractivity contribution is 0.401. The van der Waals surface area contributed by atoms with Crippen LogP contribution < -0.4 is 10.0 Å². The Labute approximate surface area is 288 Å². The fraction of sp³-hybridized carbons (Fsp3) is 0.325. The van der Waals surface area contributed by atoms with Crippen LogP contribution in [-0.2, 0) is 16.4 Å². The van der Waals surface area contributed by atoms with Gasteiger partial charge in [-0.15, -0.1) is 0 Å². The van der Waals surface area contributed by atoms with Crippen LogP contribution in [0.25, 0.3) is 11.1 Å². The van der Waals surface area contributed by atoms with Gasteiger partial charge in [0.25, 0.3) is 0 Å². The van der Waals surface area contributed by atoms with E-state index in [1.54, 1.807) is 24.3 Å². The van der Waals surface area contributed by atoms with Gasteiger partial charge in [0.15, 0.2) is 0 Å². The van der Waals surface area contributed by atoms with Crippen molar-refractivity contribution in [3.8, 4) is 0 Å².